The summed E-state index contributed by atoms with van der Waals surface area (Å²) in [5.74, 6) is 0. The second kappa shape index (κ2) is 4.12. The predicted molar refractivity (Wildman–Crippen MR) is 58.9 cm³/mol. The SMILES string of the molecule is CCn1ncc(Cl)c1C1(O)CCNCC1. The van der Waals surface area contributed by atoms with Crippen LogP contribution in [-0.4, -0.2) is 28.0 Å². The van der Waals surface area contributed by atoms with Crippen molar-refractivity contribution in [2.24, 2.45) is 0 Å². The number of piperidine rings is 1. The van der Waals surface area contributed by atoms with Crippen molar-refractivity contribution in [2.45, 2.75) is 31.9 Å². The van der Waals surface area contributed by atoms with Gasteiger partial charge in [0.1, 0.15) is 5.60 Å². The van der Waals surface area contributed by atoms with Crippen molar-refractivity contribution in [3.63, 3.8) is 0 Å². The second-order valence-corrected chi connectivity index (χ2v) is 4.35. The van der Waals surface area contributed by atoms with E-state index in [4.69, 9.17) is 11.6 Å². The zero-order chi connectivity index (χ0) is 10.9. The molecule has 1 aliphatic rings. The second-order valence-electron chi connectivity index (χ2n) is 3.94. The van der Waals surface area contributed by atoms with Crippen molar-refractivity contribution in [2.75, 3.05) is 13.1 Å². The molecule has 0 amide bonds. The predicted octanol–water partition coefficient (Wildman–Crippen LogP) is 1.13. The third-order valence-electron chi connectivity index (χ3n) is 2.97. The van der Waals surface area contributed by atoms with Crippen molar-refractivity contribution < 1.29 is 5.11 Å². The summed E-state index contributed by atoms with van der Waals surface area (Å²) in [6.45, 7) is 4.37. The molecule has 5 heteroatoms. The number of aryl methyl sites for hydroxylation is 1. The normalized spacial score (nSPS) is 20.5. The monoisotopic (exact) mass is 229 g/mol. The average molecular weight is 230 g/mol. The van der Waals surface area contributed by atoms with Crippen molar-refractivity contribution in [3.05, 3.63) is 16.9 Å². The molecule has 0 unspecified atom stereocenters. The maximum atomic E-state index is 10.5. The van der Waals surface area contributed by atoms with Gasteiger partial charge in [-0.1, -0.05) is 11.6 Å². The van der Waals surface area contributed by atoms with E-state index in [1.165, 1.54) is 0 Å². The number of rotatable bonds is 2. The van der Waals surface area contributed by atoms with E-state index in [0.29, 0.717) is 17.9 Å². The van der Waals surface area contributed by atoms with Gasteiger partial charge in [0.2, 0.25) is 0 Å². The average Bonchev–Trinajstić information content (AvgIpc) is 2.61. The standard InChI is InChI=1S/C10H16ClN3O/c1-2-14-9(8(11)7-13-14)10(15)3-5-12-6-4-10/h7,12,15H,2-6H2,1H3. The molecular weight excluding hydrogens is 214 g/mol. The number of hydrogen-bond donors (Lipinski definition) is 2. The van der Waals surface area contributed by atoms with Gasteiger partial charge in [-0.2, -0.15) is 5.10 Å². The van der Waals surface area contributed by atoms with Gasteiger partial charge in [-0.25, -0.2) is 0 Å². The van der Waals surface area contributed by atoms with E-state index in [0.717, 1.165) is 25.3 Å². The summed E-state index contributed by atoms with van der Waals surface area (Å²) >= 11 is 6.08. The number of aliphatic hydroxyl groups is 1. The number of nitrogens with one attached hydrogen (secondary N) is 1. The molecule has 0 aliphatic carbocycles. The van der Waals surface area contributed by atoms with E-state index < -0.39 is 5.60 Å². The summed E-state index contributed by atoms with van der Waals surface area (Å²) in [6, 6.07) is 0. The molecule has 0 atom stereocenters. The lowest BCUT2D eigenvalue weighted by Gasteiger charge is -2.33. The first kappa shape index (κ1) is 10.9. The topological polar surface area (TPSA) is 50.1 Å². The quantitative estimate of drug-likeness (QED) is 0.800. The summed E-state index contributed by atoms with van der Waals surface area (Å²) in [6.07, 6.45) is 3.00. The summed E-state index contributed by atoms with van der Waals surface area (Å²) in [4.78, 5) is 0. The van der Waals surface area contributed by atoms with Crippen LogP contribution in [0.1, 0.15) is 25.5 Å². The zero-order valence-electron chi connectivity index (χ0n) is 8.83. The highest BCUT2D eigenvalue weighted by molar-refractivity contribution is 6.31. The molecule has 4 nitrogen and oxygen atoms in total. The molecule has 1 aromatic heterocycles. The van der Waals surface area contributed by atoms with Crippen LogP contribution < -0.4 is 5.32 Å². The molecule has 0 aromatic carbocycles. The Bertz CT molecular complexity index is 344. The van der Waals surface area contributed by atoms with Gasteiger partial charge in [0.05, 0.1) is 16.9 Å². The highest BCUT2D eigenvalue weighted by Crippen LogP contribution is 2.34. The molecule has 1 aromatic rings. The van der Waals surface area contributed by atoms with E-state index in [1.807, 2.05) is 6.92 Å². The first-order valence-electron chi connectivity index (χ1n) is 5.32. The van der Waals surface area contributed by atoms with E-state index >= 15 is 0 Å². The summed E-state index contributed by atoms with van der Waals surface area (Å²) in [5, 5.41) is 18.5. The molecule has 1 saturated heterocycles. The Morgan fingerprint density at radius 3 is 2.87 bits per heavy atom. The van der Waals surface area contributed by atoms with Gasteiger partial charge >= 0.3 is 0 Å². The number of hydrogen-bond acceptors (Lipinski definition) is 3. The van der Waals surface area contributed by atoms with Crippen LogP contribution >= 0.6 is 11.6 Å². The van der Waals surface area contributed by atoms with Gasteiger partial charge in [0, 0.05) is 6.54 Å². The minimum Gasteiger partial charge on any atom is -0.383 e. The van der Waals surface area contributed by atoms with Crippen LogP contribution in [0.3, 0.4) is 0 Å². The Morgan fingerprint density at radius 2 is 2.27 bits per heavy atom. The van der Waals surface area contributed by atoms with Crippen molar-refractivity contribution in [3.8, 4) is 0 Å². The number of halogens is 1. The minimum atomic E-state index is -0.811. The lowest BCUT2D eigenvalue weighted by Crippen LogP contribution is -2.41. The number of nitrogens with zero attached hydrogens (tertiary/aromatic N) is 2. The van der Waals surface area contributed by atoms with Crippen LogP contribution in [0, 0.1) is 0 Å². The fraction of sp³-hybridized carbons (Fsp3) is 0.700. The third-order valence-corrected chi connectivity index (χ3v) is 3.24. The van der Waals surface area contributed by atoms with Crippen LogP contribution in [0.4, 0.5) is 0 Å². The molecule has 2 heterocycles. The summed E-state index contributed by atoms with van der Waals surface area (Å²) in [7, 11) is 0. The fourth-order valence-corrected chi connectivity index (χ4v) is 2.46. The smallest absolute Gasteiger partial charge is 0.110 e. The molecule has 2 rings (SSSR count). The molecule has 0 bridgehead atoms. The third kappa shape index (κ3) is 1.89. The fourth-order valence-electron chi connectivity index (χ4n) is 2.14. The van der Waals surface area contributed by atoms with E-state index in [1.54, 1.807) is 10.9 Å². The van der Waals surface area contributed by atoms with Crippen LogP contribution in [0.15, 0.2) is 6.20 Å². The Kier molecular flexibility index (Phi) is 3.00. The first-order chi connectivity index (χ1) is 7.17. The molecule has 0 saturated carbocycles. The zero-order valence-corrected chi connectivity index (χ0v) is 9.59. The Morgan fingerprint density at radius 1 is 1.60 bits per heavy atom. The molecule has 15 heavy (non-hydrogen) atoms. The molecule has 0 spiro atoms. The van der Waals surface area contributed by atoms with E-state index in [2.05, 4.69) is 10.4 Å². The first-order valence-corrected chi connectivity index (χ1v) is 5.70. The lowest BCUT2D eigenvalue weighted by molar-refractivity contribution is -0.00213. The maximum Gasteiger partial charge on any atom is 0.110 e. The van der Waals surface area contributed by atoms with E-state index in [-0.39, 0.29) is 0 Å². The van der Waals surface area contributed by atoms with Crippen LogP contribution in [0.25, 0.3) is 0 Å². The molecule has 84 valence electrons. The van der Waals surface area contributed by atoms with Gasteiger partial charge in [0.25, 0.3) is 0 Å². The van der Waals surface area contributed by atoms with Gasteiger partial charge < -0.3 is 10.4 Å². The van der Waals surface area contributed by atoms with Crippen LogP contribution in [-0.2, 0) is 12.1 Å². The van der Waals surface area contributed by atoms with Gasteiger partial charge in [-0.05, 0) is 32.9 Å². The van der Waals surface area contributed by atoms with Gasteiger partial charge in [-0.3, -0.25) is 4.68 Å². The highest BCUT2D eigenvalue weighted by Gasteiger charge is 2.36. The van der Waals surface area contributed by atoms with Gasteiger partial charge in [-0.15, -0.1) is 0 Å². The molecule has 0 radical (unpaired) electrons. The number of aromatic nitrogens is 2. The van der Waals surface area contributed by atoms with Crippen molar-refractivity contribution in [1.82, 2.24) is 15.1 Å². The van der Waals surface area contributed by atoms with Crippen LogP contribution in [0.5, 0.6) is 0 Å². The highest BCUT2D eigenvalue weighted by atomic mass is 35.5. The Balaban J connectivity index is 2.37. The Hall–Kier alpha value is -0.580. The summed E-state index contributed by atoms with van der Waals surface area (Å²) < 4.78 is 1.79. The maximum absolute atomic E-state index is 10.5. The molecule has 2 N–H and O–H groups in total. The van der Waals surface area contributed by atoms with Crippen molar-refractivity contribution >= 4 is 11.6 Å². The molecule has 1 aliphatic heterocycles. The van der Waals surface area contributed by atoms with Crippen molar-refractivity contribution in [1.29, 1.82) is 0 Å². The minimum absolute atomic E-state index is 0.571. The Labute approximate surface area is 94.2 Å². The summed E-state index contributed by atoms with van der Waals surface area (Å²) in [5.41, 5.74) is -0.0392. The van der Waals surface area contributed by atoms with E-state index in [9.17, 15) is 5.11 Å². The lowest BCUT2D eigenvalue weighted by atomic mass is 9.89. The van der Waals surface area contributed by atoms with Gasteiger partial charge in [0.15, 0.2) is 0 Å². The largest absolute Gasteiger partial charge is 0.383 e. The van der Waals surface area contributed by atoms with Crippen LogP contribution in [0.2, 0.25) is 5.02 Å². The molecular formula is C10H16ClN3O. The molecule has 1 fully saturated rings.